The molecule has 0 aromatic heterocycles. The van der Waals surface area contributed by atoms with Gasteiger partial charge in [-0.05, 0) is 118 Å². The third-order valence-electron chi connectivity index (χ3n) is 9.18. The molecule has 0 aliphatic rings. The van der Waals surface area contributed by atoms with Crippen LogP contribution < -0.4 is 0 Å². The Kier molecular flexibility index (Phi) is 5.61. The Morgan fingerprint density at radius 2 is 0.773 bits per heavy atom. The molecule has 0 atom stereocenters. The molecule has 0 heterocycles. The molecule has 44 heavy (non-hydrogen) atoms. The van der Waals surface area contributed by atoms with Crippen molar-refractivity contribution in [3.63, 3.8) is 0 Å². The quantitative estimate of drug-likeness (QED) is 0.190. The summed E-state index contributed by atoms with van der Waals surface area (Å²) in [6.07, 6.45) is 0. The summed E-state index contributed by atoms with van der Waals surface area (Å²) < 4.78 is 0. The van der Waals surface area contributed by atoms with Crippen LogP contribution in [0.2, 0.25) is 0 Å². The maximum Gasteiger partial charge on any atom is -0.00264 e. The Labute approximate surface area is 256 Å². The van der Waals surface area contributed by atoms with Gasteiger partial charge >= 0.3 is 0 Å². The van der Waals surface area contributed by atoms with E-state index in [4.69, 9.17) is 0 Å². The molecular formula is C44H28. The zero-order chi connectivity index (χ0) is 29.0. The molecule has 9 aromatic rings. The minimum Gasteiger partial charge on any atom is -0.0616 e. The van der Waals surface area contributed by atoms with Gasteiger partial charge in [0.2, 0.25) is 0 Å². The molecule has 0 unspecified atom stereocenters. The van der Waals surface area contributed by atoms with E-state index in [1.807, 2.05) is 0 Å². The van der Waals surface area contributed by atoms with Crippen molar-refractivity contribution < 1.29 is 0 Å². The maximum absolute atomic E-state index is 2.40. The van der Waals surface area contributed by atoms with E-state index in [0.717, 1.165) is 0 Å². The normalized spacial score (nSPS) is 11.6. The summed E-state index contributed by atoms with van der Waals surface area (Å²) in [4.78, 5) is 0. The van der Waals surface area contributed by atoms with E-state index >= 15 is 0 Å². The van der Waals surface area contributed by atoms with E-state index in [2.05, 4.69) is 170 Å². The summed E-state index contributed by atoms with van der Waals surface area (Å²) in [6.45, 7) is 0. The van der Waals surface area contributed by atoms with Crippen LogP contribution in [-0.2, 0) is 0 Å². The first-order chi connectivity index (χ1) is 21.8. The van der Waals surface area contributed by atoms with Crippen molar-refractivity contribution >= 4 is 53.9 Å². The second kappa shape index (κ2) is 9.93. The third-order valence-corrected chi connectivity index (χ3v) is 9.18. The molecule has 0 bridgehead atoms. The van der Waals surface area contributed by atoms with Gasteiger partial charge in [-0.25, -0.2) is 0 Å². The highest BCUT2D eigenvalue weighted by Gasteiger charge is 2.14. The number of hydrogen-bond donors (Lipinski definition) is 0. The lowest BCUT2D eigenvalue weighted by Crippen LogP contribution is -1.89. The molecule has 0 amide bonds. The van der Waals surface area contributed by atoms with Gasteiger partial charge in [-0.2, -0.15) is 0 Å². The minimum absolute atomic E-state index is 1.24. The predicted molar refractivity (Wildman–Crippen MR) is 190 cm³/mol. The monoisotopic (exact) mass is 556 g/mol. The van der Waals surface area contributed by atoms with Crippen molar-refractivity contribution in [1.82, 2.24) is 0 Å². The molecule has 204 valence electrons. The van der Waals surface area contributed by atoms with Gasteiger partial charge in [0.15, 0.2) is 0 Å². The molecule has 9 rings (SSSR count). The van der Waals surface area contributed by atoms with Crippen LogP contribution in [0.4, 0.5) is 0 Å². The highest BCUT2D eigenvalue weighted by Crippen LogP contribution is 2.41. The summed E-state index contributed by atoms with van der Waals surface area (Å²) in [7, 11) is 0. The zero-order valence-electron chi connectivity index (χ0n) is 24.2. The van der Waals surface area contributed by atoms with Crippen molar-refractivity contribution in [2.75, 3.05) is 0 Å². The first-order valence-corrected chi connectivity index (χ1v) is 15.3. The Balaban J connectivity index is 1.31. The first kappa shape index (κ1) is 24.8. The molecule has 0 heteroatoms. The first-order valence-electron chi connectivity index (χ1n) is 15.3. The van der Waals surface area contributed by atoms with E-state index in [1.54, 1.807) is 0 Å². The fourth-order valence-electron chi connectivity index (χ4n) is 6.97. The Morgan fingerprint density at radius 3 is 1.55 bits per heavy atom. The van der Waals surface area contributed by atoms with Gasteiger partial charge < -0.3 is 0 Å². The van der Waals surface area contributed by atoms with Crippen LogP contribution in [0.5, 0.6) is 0 Å². The zero-order valence-corrected chi connectivity index (χ0v) is 24.2. The SMILES string of the molecule is c1ccc2cc(-c3ccc4c(-c5ccc6ccccc6c5)c5cc(-c6cccc7ccccc67)ccc5cc4c3)ccc2c1. The highest BCUT2D eigenvalue weighted by atomic mass is 14.2. The van der Waals surface area contributed by atoms with Crippen LogP contribution >= 0.6 is 0 Å². The number of rotatable bonds is 3. The van der Waals surface area contributed by atoms with Crippen molar-refractivity contribution in [3.8, 4) is 33.4 Å². The number of hydrogen-bond acceptors (Lipinski definition) is 0. The summed E-state index contributed by atoms with van der Waals surface area (Å²) >= 11 is 0. The van der Waals surface area contributed by atoms with Gasteiger partial charge in [-0.3, -0.25) is 0 Å². The molecule has 0 fully saturated rings. The average molecular weight is 557 g/mol. The fraction of sp³-hybridized carbons (Fsp3) is 0. The molecular weight excluding hydrogens is 528 g/mol. The van der Waals surface area contributed by atoms with E-state index in [-0.39, 0.29) is 0 Å². The molecule has 0 aliphatic heterocycles. The van der Waals surface area contributed by atoms with Crippen LogP contribution in [0, 0.1) is 0 Å². The number of fused-ring (bicyclic) bond motifs is 5. The standard InChI is InChI=1S/C44H28/c1-3-11-32-24-34(18-16-29(32)8-1)35-22-23-42-39(26-35)27-36-19-20-37(41-15-7-13-31-10-5-6-14-40(31)41)28-43(36)44(42)38-21-17-30-9-2-4-12-33(30)25-38/h1-28H. The molecule has 0 saturated heterocycles. The molecule has 0 saturated carbocycles. The summed E-state index contributed by atoms with van der Waals surface area (Å²) in [6, 6.07) is 62.5. The van der Waals surface area contributed by atoms with Gasteiger partial charge in [-0.1, -0.05) is 140 Å². The van der Waals surface area contributed by atoms with E-state index in [0.29, 0.717) is 0 Å². The van der Waals surface area contributed by atoms with E-state index < -0.39 is 0 Å². The predicted octanol–water partition coefficient (Wildman–Crippen LogP) is 12.5. The molecule has 0 N–H and O–H groups in total. The Hall–Kier alpha value is -5.72. The minimum atomic E-state index is 1.24. The Morgan fingerprint density at radius 1 is 0.227 bits per heavy atom. The van der Waals surface area contributed by atoms with Crippen LogP contribution in [0.3, 0.4) is 0 Å². The van der Waals surface area contributed by atoms with E-state index in [9.17, 15) is 0 Å². The van der Waals surface area contributed by atoms with Crippen LogP contribution in [0.25, 0.3) is 87.2 Å². The highest BCUT2D eigenvalue weighted by molar-refractivity contribution is 6.15. The van der Waals surface area contributed by atoms with Crippen molar-refractivity contribution in [2.45, 2.75) is 0 Å². The molecule has 0 nitrogen and oxygen atoms in total. The van der Waals surface area contributed by atoms with Crippen molar-refractivity contribution in [3.05, 3.63) is 170 Å². The van der Waals surface area contributed by atoms with Gasteiger partial charge in [0.05, 0.1) is 0 Å². The average Bonchev–Trinajstić information content (AvgIpc) is 3.09. The Bertz CT molecular complexity index is 2550. The molecule has 0 radical (unpaired) electrons. The molecule has 9 aromatic carbocycles. The third kappa shape index (κ3) is 4.07. The van der Waals surface area contributed by atoms with Crippen LogP contribution in [0.1, 0.15) is 0 Å². The number of benzene rings is 9. The van der Waals surface area contributed by atoms with Crippen LogP contribution in [-0.4, -0.2) is 0 Å². The largest absolute Gasteiger partial charge is 0.0616 e. The lowest BCUT2D eigenvalue weighted by Gasteiger charge is -2.16. The van der Waals surface area contributed by atoms with Crippen molar-refractivity contribution in [1.29, 1.82) is 0 Å². The second-order valence-corrected chi connectivity index (χ2v) is 11.8. The second-order valence-electron chi connectivity index (χ2n) is 11.8. The van der Waals surface area contributed by atoms with Gasteiger partial charge in [-0.15, -0.1) is 0 Å². The van der Waals surface area contributed by atoms with E-state index in [1.165, 1.54) is 87.2 Å². The topological polar surface area (TPSA) is 0 Å². The molecule has 0 spiro atoms. The van der Waals surface area contributed by atoms with Gasteiger partial charge in [0.25, 0.3) is 0 Å². The van der Waals surface area contributed by atoms with Crippen LogP contribution in [0.15, 0.2) is 170 Å². The van der Waals surface area contributed by atoms with Crippen molar-refractivity contribution in [2.24, 2.45) is 0 Å². The summed E-state index contributed by atoms with van der Waals surface area (Å²) in [5, 5.41) is 12.6. The smallest absolute Gasteiger partial charge is 0.00264 e. The lowest BCUT2D eigenvalue weighted by molar-refractivity contribution is 1.66. The van der Waals surface area contributed by atoms with Gasteiger partial charge in [0.1, 0.15) is 0 Å². The summed E-state index contributed by atoms with van der Waals surface area (Å²) in [5.41, 5.74) is 7.51. The lowest BCUT2D eigenvalue weighted by atomic mass is 9.87. The maximum atomic E-state index is 2.40. The summed E-state index contributed by atoms with van der Waals surface area (Å²) in [5.74, 6) is 0. The fourth-order valence-corrected chi connectivity index (χ4v) is 6.97. The molecule has 0 aliphatic carbocycles. The van der Waals surface area contributed by atoms with Gasteiger partial charge in [0, 0.05) is 0 Å².